The number of halogens is 2. The van der Waals surface area contributed by atoms with Crippen LogP contribution in [0.1, 0.15) is 18.1 Å². The fraction of sp³-hybridized carbons (Fsp3) is 0.421. The van der Waals surface area contributed by atoms with Gasteiger partial charge < -0.3 is 19.9 Å². The lowest BCUT2D eigenvalue weighted by molar-refractivity contribution is -0.0504. The van der Waals surface area contributed by atoms with Gasteiger partial charge in [0, 0.05) is 44.6 Å². The van der Waals surface area contributed by atoms with E-state index in [0.717, 1.165) is 5.56 Å². The smallest absolute Gasteiger partial charge is 0.387 e. The van der Waals surface area contributed by atoms with Crippen molar-refractivity contribution in [1.82, 2.24) is 19.9 Å². The van der Waals surface area contributed by atoms with E-state index in [4.69, 9.17) is 0 Å². The Morgan fingerprint density at radius 3 is 2.63 bits per heavy atom. The number of aliphatic imine (C=N–C) groups is 1. The number of rotatable bonds is 10. The molecule has 1 heterocycles. The lowest BCUT2D eigenvalue weighted by Crippen LogP contribution is -2.41. The van der Waals surface area contributed by atoms with Gasteiger partial charge in [-0.2, -0.15) is 8.78 Å². The molecule has 0 bridgehead atoms. The van der Waals surface area contributed by atoms with E-state index in [1.807, 2.05) is 13.8 Å². The van der Waals surface area contributed by atoms with Gasteiger partial charge in [-0.25, -0.2) is 18.1 Å². The number of alkyl halides is 2. The summed E-state index contributed by atoms with van der Waals surface area (Å²) in [5, 5.41) is 6.04. The summed E-state index contributed by atoms with van der Waals surface area (Å²) in [7, 11) is -1.84. The quantitative estimate of drug-likeness (QED) is 0.296. The van der Waals surface area contributed by atoms with Gasteiger partial charge in [0.1, 0.15) is 5.75 Å². The molecule has 0 saturated heterocycles. The lowest BCUT2D eigenvalue weighted by Gasteiger charge is -2.13. The molecule has 1 aromatic carbocycles. The van der Waals surface area contributed by atoms with Gasteiger partial charge in [-0.1, -0.05) is 17.7 Å². The SMILES string of the molecule is CCNC(=NCc1cc(C)ccc1OC(F)F)NCCNS(=O)(=O)c1ccn(C)c1. The highest BCUT2D eigenvalue weighted by Crippen LogP contribution is 2.22. The third kappa shape index (κ3) is 7.30. The van der Waals surface area contributed by atoms with Crippen LogP contribution >= 0.6 is 0 Å². The van der Waals surface area contributed by atoms with Gasteiger partial charge in [0.15, 0.2) is 5.96 Å². The monoisotopic (exact) mass is 443 g/mol. The highest BCUT2D eigenvalue weighted by Gasteiger charge is 2.14. The van der Waals surface area contributed by atoms with Gasteiger partial charge in [0.2, 0.25) is 10.0 Å². The molecule has 8 nitrogen and oxygen atoms in total. The first-order chi connectivity index (χ1) is 14.2. The van der Waals surface area contributed by atoms with Crippen molar-refractivity contribution in [3.63, 3.8) is 0 Å². The van der Waals surface area contributed by atoms with E-state index in [1.165, 1.54) is 18.3 Å². The maximum absolute atomic E-state index is 12.6. The number of hydrogen-bond acceptors (Lipinski definition) is 4. The van der Waals surface area contributed by atoms with Crippen LogP contribution in [0.2, 0.25) is 0 Å². The molecule has 0 aliphatic heterocycles. The van der Waals surface area contributed by atoms with E-state index >= 15 is 0 Å². The van der Waals surface area contributed by atoms with Crippen LogP contribution in [0.15, 0.2) is 46.5 Å². The van der Waals surface area contributed by atoms with E-state index in [1.54, 1.807) is 29.9 Å². The molecule has 2 aromatic rings. The molecule has 0 spiro atoms. The van der Waals surface area contributed by atoms with Crippen molar-refractivity contribution in [2.45, 2.75) is 31.9 Å². The second-order valence-electron chi connectivity index (χ2n) is 6.52. The van der Waals surface area contributed by atoms with Crippen LogP contribution < -0.4 is 20.1 Å². The second-order valence-corrected chi connectivity index (χ2v) is 8.29. The summed E-state index contributed by atoms with van der Waals surface area (Å²) in [4.78, 5) is 4.57. The number of ether oxygens (including phenoxy) is 1. The number of nitrogens with one attached hydrogen (secondary N) is 3. The van der Waals surface area contributed by atoms with E-state index in [2.05, 4.69) is 25.1 Å². The van der Waals surface area contributed by atoms with Gasteiger partial charge in [-0.05, 0) is 26.0 Å². The Balaban J connectivity index is 1.96. The number of nitrogens with zero attached hydrogens (tertiary/aromatic N) is 2. The molecular formula is C19H27F2N5O3S. The molecule has 1 aromatic heterocycles. The molecular weight excluding hydrogens is 416 g/mol. The average Bonchev–Trinajstić information content (AvgIpc) is 3.12. The van der Waals surface area contributed by atoms with Crippen LogP contribution in [0, 0.1) is 6.92 Å². The predicted molar refractivity (Wildman–Crippen MR) is 111 cm³/mol. The third-order valence-electron chi connectivity index (χ3n) is 4.01. The molecule has 0 amide bonds. The van der Waals surface area contributed by atoms with Crippen LogP contribution in [-0.2, 0) is 23.6 Å². The van der Waals surface area contributed by atoms with E-state index < -0.39 is 16.6 Å². The van der Waals surface area contributed by atoms with E-state index in [-0.39, 0.29) is 30.3 Å². The minimum Gasteiger partial charge on any atom is -0.434 e. The van der Waals surface area contributed by atoms with Crippen LogP contribution in [0.4, 0.5) is 8.78 Å². The first-order valence-electron chi connectivity index (χ1n) is 9.39. The Labute approximate surface area is 175 Å². The Kier molecular flexibility index (Phi) is 8.60. The molecule has 0 saturated carbocycles. The number of aromatic nitrogens is 1. The molecule has 30 heavy (non-hydrogen) atoms. The minimum atomic E-state index is -3.59. The van der Waals surface area contributed by atoms with Crippen LogP contribution in [0.5, 0.6) is 5.75 Å². The molecule has 0 radical (unpaired) electrons. The Hall–Kier alpha value is -2.66. The van der Waals surface area contributed by atoms with Crippen molar-refractivity contribution >= 4 is 16.0 Å². The number of hydrogen-bond donors (Lipinski definition) is 3. The summed E-state index contributed by atoms with van der Waals surface area (Å²) < 4.78 is 58.3. The second kappa shape index (κ2) is 10.9. The Bertz CT molecular complexity index is 961. The van der Waals surface area contributed by atoms with Gasteiger partial charge in [-0.3, -0.25) is 0 Å². The lowest BCUT2D eigenvalue weighted by atomic mass is 10.1. The number of guanidine groups is 1. The molecule has 166 valence electrons. The molecule has 2 rings (SSSR count). The number of aryl methyl sites for hydroxylation is 2. The molecule has 0 unspecified atom stereocenters. The normalized spacial score (nSPS) is 12.3. The van der Waals surface area contributed by atoms with Crippen molar-refractivity contribution in [2.24, 2.45) is 12.0 Å². The van der Waals surface area contributed by atoms with Crippen molar-refractivity contribution < 1.29 is 21.9 Å². The maximum Gasteiger partial charge on any atom is 0.387 e. The van der Waals surface area contributed by atoms with Crippen LogP contribution in [-0.4, -0.2) is 45.2 Å². The van der Waals surface area contributed by atoms with Crippen molar-refractivity contribution in [3.8, 4) is 5.75 Å². The summed E-state index contributed by atoms with van der Waals surface area (Å²) in [5.41, 5.74) is 1.42. The zero-order valence-corrected chi connectivity index (χ0v) is 18.0. The fourth-order valence-electron chi connectivity index (χ4n) is 2.64. The van der Waals surface area contributed by atoms with Gasteiger partial charge >= 0.3 is 6.61 Å². The van der Waals surface area contributed by atoms with Crippen LogP contribution in [0.3, 0.4) is 0 Å². The molecule has 0 aliphatic rings. The average molecular weight is 444 g/mol. The standard InChI is InChI=1S/C19H27F2N5O3S/c1-4-22-19(23-8-9-25-30(27,28)16-7-10-26(3)13-16)24-12-15-11-14(2)5-6-17(15)29-18(20)21/h5-7,10-11,13,18,25H,4,8-9,12H2,1-3H3,(H2,22,23,24). The fourth-order valence-corrected chi connectivity index (χ4v) is 3.72. The summed E-state index contributed by atoms with van der Waals surface area (Å²) in [5.74, 6) is 0.506. The molecule has 0 atom stereocenters. The topological polar surface area (TPSA) is 96.8 Å². The maximum atomic E-state index is 12.6. The molecule has 0 aliphatic carbocycles. The van der Waals surface area contributed by atoms with Crippen molar-refractivity contribution in [1.29, 1.82) is 0 Å². The van der Waals surface area contributed by atoms with Gasteiger partial charge in [0.05, 0.1) is 11.4 Å². The Morgan fingerprint density at radius 1 is 1.23 bits per heavy atom. The summed E-state index contributed by atoms with van der Waals surface area (Å²) >= 11 is 0. The predicted octanol–water partition coefficient (Wildman–Crippen LogP) is 1.97. The minimum absolute atomic E-state index is 0.0748. The van der Waals surface area contributed by atoms with Crippen molar-refractivity contribution in [3.05, 3.63) is 47.8 Å². The molecule has 11 heteroatoms. The van der Waals surface area contributed by atoms with Gasteiger partial charge in [0.25, 0.3) is 0 Å². The largest absolute Gasteiger partial charge is 0.434 e. The zero-order valence-electron chi connectivity index (χ0n) is 17.2. The molecule has 0 fully saturated rings. The molecule has 3 N–H and O–H groups in total. The highest BCUT2D eigenvalue weighted by atomic mass is 32.2. The van der Waals surface area contributed by atoms with Crippen LogP contribution in [0.25, 0.3) is 0 Å². The number of benzene rings is 1. The third-order valence-corrected chi connectivity index (χ3v) is 5.45. The summed E-state index contributed by atoms with van der Waals surface area (Å²) in [6.45, 7) is 1.94. The van der Waals surface area contributed by atoms with Gasteiger partial charge in [-0.15, -0.1) is 0 Å². The van der Waals surface area contributed by atoms with Crippen molar-refractivity contribution in [2.75, 3.05) is 19.6 Å². The zero-order chi connectivity index (χ0) is 22.1. The number of sulfonamides is 1. The summed E-state index contributed by atoms with van der Waals surface area (Å²) in [6, 6.07) is 6.43. The highest BCUT2D eigenvalue weighted by molar-refractivity contribution is 7.89. The van der Waals surface area contributed by atoms with E-state index in [0.29, 0.717) is 18.1 Å². The van der Waals surface area contributed by atoms with E-state index in [9.17, 15) is 17.2 Å². The summed E-state index contributed by atoms with van der Waals surface area (Å²) in [6.07, 6.45) is 3.17. The first kappa shape index (κ1) is 23.6. The Morgan fingerprint density at radius 2 is 2.00 bits per heavy atom. The first-order valence-corrected chi connectivity index (χ1v) is 10.9.